The summed E-state index contributed by atoms with van der Waals surface area (Å²) in [7, 11) is 0. The lowest BCUT2D eigenvalue weighted by molar-refractivity contribution is 0.540. The quantitative estimate of drug-likeness (QED) is 0.695. The van der Waals surface area contributed by atoms with Gasteiger partial charge in [-0.15, -0.1) is 0 Å². The van der Waals surface area contributed by atoms with E-state index in [1.54, 1.807) is 0 Å². The third kappa shape index (κ3) is 2.84. The summed E-state index contributed by atoms with van der Waals surface area (Å²) in [6, 6.07) is 4.58. The monoisotopic (exact) mass is 268 g/mol. The van der Waals surface area contributed by atoms with Gasteiger partial charge < -0.3 is 0 Å². The van der Waals surface area contributed by atoms with Crippen molar-refractivity contribution in [1.29, 1.82) is 0 Å². The summed E-state index contributed by atoms with van der Waals surface area (Å²) >= 11 is 3.64. The Balaban J connectivity index is 3.23. The average Bonchev–Trinajstić information content (AvgIpc) is 2.09. The lowest BCUT2D eigenvalue weighted by Gasteiger charge is -2.23. The molecule has 15 heavy (non-hydrogen) atoms. The molecule has 1 unspecified atom stereocenters. The standard InChI is InChI=1S/C14H21Br/c1-9(2)13(8-15)14-11(4)6-10(3)7-12(14)5/h6-7,9,13H,8H2,1-5H3. The Morgan fingerprint density at radius 2 is 1.53 bits per heavy atom. The van der Waals surface area contributed by atoms with Crippen LogP contribution in [-0.4, -0.2) is 5.33 Å². The second-order valence-electron chi connectivity index (χ2n) is 4.82. The molecule has 0 amide bonds. The van der Waals surface area contributed by atoms with E-state index in [1.165, 1.54) is 22.3 Å². The van der Waals surface area contributed by atoms with E-state index in [0.29, 0.717) is 11.8 Å². The third-order valence-electron chi connectivity index (χ3n) is 3.08. The molecule has 0 saturated carbocycles. The first kappa shape index (κ1) is 12.8. The van der Waals surface area contributed by atoms with Gasteiger partial charge in [-0.25, -0.2) is 0 Å². The molecule has 1 rings (SSSR count). The van der Waals surface area contributed by atoms with Crippen LogP contribution in [0.3, 0.4) is 0 Å². The molecule has 0 aliphatic carbocycles. The van der Waals surface area contributed by atoms with Crippen molar-refractivity contribution in [2.24, 2.45) is 5.92 Å². The van der Waals surface area contributed by atoms with Crippen LogP contribution >= 0.6 is 15.9 Å². The summed E-state index contributed by atoms with van der Waals surface area (Å²) in [6.07, 6.45) is 0. The number of hydrogen-bond acceptors (Lipinski definition) is 0. The number of alkyl halides is 1. The smallest absolute Gasteiger partial charge is 0.0103 e. The van der Waals surface area contributed by atoms with E-state index < -0.39 is 0 Å². The minimum Gasteiger partial charge on any atom is -0.0921 e. The van der Waals surface area contributed by atoms with Gasteiger partial charge in [-0.2, -0.15) is 0 Å². The van der Waals surface area contributed by atoms with Crippen LogP contribution in [0.1, 0.15) is 42.0 Å². The average molecular weight is 269 g/mol. The molecule has 0 radical (unpaired) electrons. The number of aryl methyl sites for hydroxylation is 3. The number of rotatable bonds is 3. The highest BCUT2D eigenvalue weighted by Crippen LogP contribution is 2.32. The van der Waals surface area contributed by atoms with E-state index in [4.69, 9.17) is 0 Å². The van der Waals surface area contributed by atoms with Crippen LogP contribution in [0.4, 0.5) is 0 Å². The van der Waals surface area contributed by atoms with Crippen molar-refractivity contribution >= 4 is 15.9 Å². The fourth-order valence-corrected chi connectivity index (χ4v) is 3.44. The van der Waals surface area contributed by atoms with E-state index in [1.807, 2.05) is 0 Å². The molecule has 0 aliphatic rings. The minimum atomic E-state index is 0.630. The van der Waals surface area contributed by atoms with E-state index in [2.05, 4.69) is 62.7 Å². The van der Waals surface area contributed by atoms with Crippen molar-refractivity contribution in [2.45, 2.75) is 40.5 Å². The van der Waals surface area contributed by atoms with Crippen LogP contribution in [0, 0.1) is 26.7 Å². The van der Waals surface area contributed by atoms with Crippen LogP contribution in [0.2, 0.25) is 0 Å². The summed E-state index contributed by atoms with van der Waals surface area (Å²) < 4.78 is 0. The van der Waals surface area contributed by atoms with Gasteiger partial charge in [-0.05, 0) is 49.3 Å². The van der Waals surface area contributed by atoms with Gasteiger partial charge in [0.25, 0.3) is 0 Å². The molecular weight excluding hydrogens is 248 g/mol. The molecule has 0 nitrogen and oxygen atoms in total. The van der Waals surface area contributed by atoms with Crippen molar-refractivity contribution in [3.8, 4) is 0 Å². The molecule has 0 heterocycles. The van der Waals surface area contributed by atoms with Crippen LogP contribution in [0.5, 0.6) is 0 Å². The van der Waals surface area contributed by atoms with E-state index in [0.717, 1.165) is 5.33 Å². The van der Waals surface area contributed by atoms with Gasteiger partial charge in [0.15, 0.2) is 0 Å². The van der Waals surface area contributed by atoms with Gasteiger partial charge in [0.1, 0.15) is 0 Å². The molecule has 1 heteroatoms. The molecule has 1 atom stereocenters. The molecule has 1 aromatic rings. The highest BCUT2D eigenvalue weighted by Gasteiger charge is 2.18. The first-order chi connectivity index (χ1) is 6.97. The maximum absolute atomic E-state index is 3.64. The second-order valence-corrected chi connectivity index (χ2v) is 5.46. The van der Waals surface area contributed by atoms with Gasteiger partial charge in [0, 0.05) is 5.33 Å². The fourth-order valence-electron chi connectivity index (χ4n) is 2.36. The Labute approximate surface area is 102 Å². The van der Waals surface area contributed by atoms with E-state index in [9.17, 15) is 0 Å². The molecule has 0 saturated heterocycles. The number of halogens is 1. The predicted octanol–water partition coefficient (Wildman–Crippen LogP) is 4.75. The molecule has 0 spiro atoms. The fraction of sp³-hybridized carbons (Fsp3) is 0.571. The van der Waals surface area contributed by atoms with Crippen LogP contribution < -0.4 is 0 Å². The predicted molar refractivity (Wildman–Crippen MR) is 72.0 cm³/mol. The van der Waals surface area contributed by atoms with Crippen LogP contribution in [0.25, 0.3) is 0 Å². The first-order valence-electron chi connectivity index (χ1n) is 5.61. The van der Waals surface area contributed by atoms with Crippen molar-refractivity contribution in [3.63, 3.8) is 0 Å². The van der Waals surface area contributed by atoms with Crippen molar-refractivity contribution < 1.29 is 0 Å². The highest BCUT2D eigenvalue weighted by atomic mass is 79.9. The lowest BCUT2D eigenvalue weighted by Crippen LogP contribution is -2.11. The molecule has 0 N–H and O–H groups in total. The summed E-state index contributed by atoms with van der Waals surface area (Å²) in [5, 5.41) is 1.05. The Morgan fingerprint density at radius 3 is 1.87 bits per heavy atom. The minimum absolute atomic E-state index is 0.630. The molecule has 0 aromatic heterocycles. The van der Waals surface area contributed by atoms with Gasteiger partial charge in [0.2, 0.25) is 0 Å². The number of benzene rings is 1. The third-order valence-corrected chi connectivity index (χ3v) is 3.78. The van der Waals surface area contributed by atoms with Crippen molar-refractivity contribution in [2.75, 3.05) is 5.33 Å². The van der Waals surface area contributed by atoms with Gasteiger partial charge in [0.05, 0.1) is 0 Å². The molecular formula is C14H21Br. The summed E-state index contributed by atoms with van der Waals surface area (Å²) in [6.45, 7) is 11.2. The summed E-state index contributed by atoms with van der Waals surface area (Å²) in [4.78, 5) is 0. The van der Waals surface area contributed by atoms with Gasteiger partial charge in [-0.1, -0.05) is 47.5 Å². The molecule has 84 valence electrons. The topological polar surface area (TPSA) is 0 Å². The van der Waals surface area contributed by atoms with E-state index in [-0.39, 0.29) is 0 Å². The van der Waals surface area contributed by atoms with E-state index >= 15 is 0 Å². The van der Waals surface area contributed by atoms with Crippen LogP contribution in [0.15, 0.2) is 12.1 Å². The zero-order valence-electron chi connectivity index (χ0n) is 10.4. The Kier molecular flexibility index (Phi) is 4.39. The Morgan fingerprint density at radius 1 is 1.07 bits per heavy atom. The number of hydrogen-bond donors (Lipinski definition) is 0. The van der Waals surface area contributed by atoms with Crippen molar-refractivity contribution in [3.05, 3.63) is 34.4 Å². The SMILES string of the molecule is Cc1cc(C)c(C(CBr)C(C)C)c(C)c1. The lowest BCUT2D eigenvalue weighted by atomic mass is 9.84. The summed E-state index contributed by atoms with van der Waals surface area (Å²) in [5.74, 6) is 1.31. The zero-order valence-corrected chi connectivity index (χ0v) is 12.0. The first-order valence-corrected chi connectivity index (χ1v) is 6.73. The zero-order chi connectivity index (χ0) is 11.6. The van der Waals surface area contributed by atoms with Gasteiger partial charge >= 0.3 is 0 Å². The Bertz CT molecular complexity index is 316. The highest BCUT2D eigenvalue weighted by molar-refractivity contribution is 9.09. The normalized spacial score (nSPS) is 13.3. The van der Waals surface area contributed by atoms with Gasteiger partial charge in [-0.3, -0.25) is 0 Å². The molecule has 0 bridgehead atoms. The molecule has 1 aromatic carbocycles. The van der Waals surface area contributed by atoms with Crippen molar-refractivity contribution in [1.82, 2.24) is 0 Å². The maximum atomic E-state index is 3.64. The summed E-state index contributed by atoms with van der Waals surface area (Å²) in [5.41, 5.74) is 5.77. The largest absolute Gasteiger partial charge is 0.0921 e. The molecule has 0 fully saturated rings. The molecule has 0 aliphatic heterocycles. The maximum Gasteiger partial charge on any atom is 0.0103 e. The second kappa shape index (κ2) is 5.16. The Hall–Kier alpha value is -0.300. The van der Waals surface area contributed by atoms with Crippen LogP contribution in [-0.2, 0) is 0 Å².